The van der Waals surface area contributed by atoms with Gasteiger partial charge in [-0.3, -0.25) is 4.79 Å². The van der Waals surface area contributed by atoms with E-state index in [-0.39, 0.29) is 19.1 Å². The fourth-order valence-electron chi connectivity index (χ4n) is 2.88. The van der Waals surface area contributed by atoms with Gasteiger partial charge in [-0.2, -0.15) is 0 Å². The molecule has 1 aromatic rings. The maximum absolute atomic E-state index is 10.9. The van der Waals surface area contributed by atoms with Crippen LogP contribution in [0.4, 0.5) is 0 Å². The number of amides is 1. The lowest BCUT2D eigenvalue weighted by atomic mass is 9.99. The van der Waals surface area contributed by atoms with Gasteiger partial charge in [0.05, 0.1) is 52.4 Å². The number of ether oxygens (including phenoxy) is 5. The second-order valence-corrected chi connectivity index (χ2v) is 6.95. The van der Waals surface area contributed by atoms with Gasteiger partial charge in [-0.15, -0.1) is 5.10 Å². The number of hydrogen-bond acceptors (Lipinski definition) is 11. The van der Waals surface area contributed by atoms with Gasteiger partial charge in [-0.1, -0.05) is 11.8 Å². The van der Waals surface area contributed by atoms with Crippen molar-refractivity contribution in [1.82, 2.24) is 20.3 Å². The minimum atomic E-state index is -1.39. The van der Waals surface area contributed by atoms with E-state index in [1.807, 2.05) is 0 Å². The summed E-state index contributed by atoms with van der Waals surface area (Å²) in [6, 6.07) is 0. The van der Waals surface area contributed by atoms with Crippen molar-refractivity contribution in [3.8, 4) is 0 Å². The molecule has 32 heavy (non-hydrogen) atoms. The molecule has 182 valence electrons. The minimum Gasteiger partial charge on any atom is -0.388 e. The summed E-state index contributed by atoms with van der Waals surface area (Å²) in [6.45, 7) is 6.03. The van der Waals surface area contributed by atoms with Crippen LogP contribution in [-0.4, -0.2) is 114 Å². The molecule has 0 aliphatic carbocycles. The highest BCUT2D eigenvalue weighted by atomic mass is 16.7. The standard InChI is InChI=1S/C19H32N4O9/c1-3-15(24)20-4-5-29-6-7-30-8-9-31-12-13-10-23(22-21-13)11-14-16(25)17(26)18(27)19(28-2)32-14/h3,10,14,16-19,25-27H,1,4-9,11-12H2,2H3,(H,20,24). The third kappa shape index (κ3) is 8.52. The number of methoxy groups -OCH3 is 1. The molecule has 1 aliphatic heterocycles. The van der Waals surface area contributed by atoms with Crippen LogP contribution in [0.15, 0.2) is 18.9 Å². The van der Waals surface area contributed by atoms with Gasteiger partial charge in [-0.05, 0) is 6.08 Å². The predicted octanol–water partition coefficient (Wildman–Crippen LogP) is -2.42. The summed E-state index contributed by atoms with van der Waals surface area (Å²) in [6.07, 6.45) is -3.08. The van der Waals surface area contributed by atoms with Crippen LogP contribution in [0.25, 0.3) is 0 Å². The third-order valence-electron chi connectivity index (χ3n) is 4.58. The van der Waals surface area contributed by atoms with Crippen LogP contribution < -0.4 is 5.32 Å². The lowest BCUT2D eigenvalue weighted by Crippen LogP contribution is -2.58. The number of nitrogens with one attached hydrogen (secondary N) is 1. The Morgan fingerprint density at radius 2 is 1.84 bits per heavy atom. The Balaban J connectivity index is 1.55. The summed E-state index contributed by atoms with van der Waals surface area (Å²) in [5, 5.41) is 40.4. The van der Waals surface area contributed by atoms with Crippen LogP contribution in [0, 0.1) is 0 Å². The van der Waals surface area contributed by atoms with E-state index >= 15 is 0 Å². The van der Waals surface area contributed by atoms with Crippen molar-refractivity contribution in [2.45, 2.75) is 43.9 Å². The molecule has 1 fully saturated rings. The number of carbonyl (C=O) groups excluding carboxylic acids is 1. The fraction of sp³-hybridized carbons (Fsp3) is 0.737. The molecule has 0 radical (unpaired) electrons. The zero-order chi connectivity index (χ0) is 23.3. The van der Waals surface area contributed by atoms with Crippen molar-refractivity contribution in [1.29, 1.82) is 0 Å². The zero-order valence-electron chi connectivity index (χ0n) is 18.0. The normalized spacial score (nSPS) is 25.6. The van der Waals surface area contributed by atoms with Crippen molar-refractivity contribution >= 4 is 5.91 Å². The molecule has 2 rings (SSSR count). The molecule has 1 aliphatic rings. The molecular formula is C19H32N4O9. The van der Waals surface area contributed by atoms with E-state index in [1.165, 1.54) is 17.9 Å². The fourth-order valence-corrected chi connectivity index (χ4v) is 2.88. The SMILES string of the molecule is C=CC(=O)NCCOCCOCCOCc1cn(CC2OC(OC)C(O)C(O)C2O)nn1. The molecule has 0 saturated carbocycles. The quantitative estimate of drug-likeness (QED) is 0.162. The smallest absolute Gasteiger partial charge is 0.243 e. The summed E-state index contributed by atoms with van der Waals surface area (Å²) in [5.41, 5.74) is 0.573. The first-order valence-corrected chi connectivity index (χ1v) is 10.2. The highest BCUT2D eigenvalue weighted by molar-refractivity contribution is 5.86. The van der Waals surface area contributed by atoms with Gasteiger partial charge in [0.25, 0.3) is 0 Å². The van der Waals surface area contributed by atoms with Crippen molar-refractivity contribution in [2.24, 2.45) is 0 Å². The van der Waals surface area contributed by atoms with Crippen molar-refractivity contribution in [3.05, 3.63) is 24.5 Å². The van der Waals surface area contributed by atoms with E-state index in [1.54, 1.807) is 6.20 Å². The first-order chi connectivity index (χ1) is 15.5. The number of aromatic nitrogens is 3. The van der Waals surface area contributed by atoms with Crippen molar-refractivity contribution in [2.75, 3.05) is 46.7 Å². The number of carbonyl (C=O) groups is 1. The van der Waals surface area contributed by atoms with E-state index in [0.717, 1.165) is 0 Å². The highest BCUT2D eigenvalue weighted by Gasteiger charge is 2.44. The molecule has 13 nitrogen and oxygen atoms in total. The van der Waals surface area contributed by atoms with Crippen LogP contribution in [0.1, 0.15) is 5.69 Å². The van der Waals surface area contributed by atoms with Gasteiger partial charge >= 0.3 is 0 Å². The summed E-state index contributed by atoms with van der Waals surface area (Å²) in [5.74, 6) is -0.236. The monoisotopic (exact) mass is 460 g/mol. The maximum atomic E-state index is 10.9. The van der Waals surface area contributed by atoms with Gasteiger partial charge < -0.3 is 44.3 Å². The van der Waals surface area contributed by atoms with Gasteiger partial charge in [0, 0.05) is 13.7 Å². The largest absolute Gasteiger partial charge is 0.388 e. The van der Waals surface area contributed by atoms with Crippen molar-refractivity contribution in [3.63, 3.8) is 0 Å². The predicted molar refractivity (Wildman–Crippen MR) is 108 cm³/mol. The molecule has 0 spiro atoms. The Hall–Kier alpha value is -1.97. The average Bonchev–Trinajstić information content (AvgIpc) is 3.24. The summed E-state index contributed by atoms with van der Waals surface area (Å²) in [4.78, 5) is 10.9. The molecule has 5 unspecified atom stereocenters. The minimum absolute atomic E-state index is 0.109. The molecule has 5 atom stereocenters. The number of aliphatic hydroxyl groups excluding tert-OH is 3. The molecule has 2 heterocycles. The lowest BCUT2D eigenvalue weighted by Gasteiger charge is -2.39. The molecule has 0 bridgehead atoms. The Labute approximate surface area is 185 Å². The average molecular weight is 460 g/mol. The molecule has 1 saturated heterocycles. The topological polar surface area (TPSA) is 167 Å². The van der Waals surface area contributed by atoms with Gasteiger partial charge in [0.15, 0.2) is 6.29 Å². The molecule has 4 N–H and O–H groups in total. The van der Waals surface area contributed by atoms with Gasteiger partial charge in [0.2, 0.25) is 5.91 Å². The van der Waals surface area contributed by atoms with Crippen LogP contribution >= 0.6 is 0 Å². The Bertz CT molecular complexity index is 688. The summed E-state index contributed by atoms with van der Waals surface area (Å²) >= 11 is 0. The van der Waals surface area contributed by atoms with E-state index in [4.69, 9.17) is 23.7 Å². The lowest BCUT2D eigenvalue weighted by molar-refractivity contribution is -0.292. The second kappa shape index (κ2) is 14.2. The van der Waals surface area contributed by atoms with Gasteiger partial charge in [-0.25, -0.2) is 4.68 Å². The molecule has 1 aromatic heterocycles. The summed E-state index contributed by atoms with van der Waals surface area (Å²) < 4.78 is 28.1. The van der Waals surface area contributed by atoms with E-state index < -0.39 is 30.7 Å². The third-order valence-corrected chi connectivity index (χ3v) is 4.58. The van der Waals surface area contributed by atoms with E-state index in [0.29, 0.717) is 45.3 Å². The van der Waals surface area contributed by atoms with E-state index in [9.17, 15) is 20.1 Å². The maximum Gasteiger partial charge on any atom is 0.243 e. The second-order valence-electron chi connectivity index (χ2n) is 6.95. The van der Waals surface area contributed by atoms with E-state index in [2.05, 4.69) is 22.2 Å². The van der Waals surface area contributed by atoms with Gasteiger partial charge in [0.1, 0.15) is 30.1 Å². The molecule has 0 aromatic carbocycles. The molecule has 1 amide bonds. The van der Waals surface area contributed by atoms with Crippen LogP contribution in [0.3, 0.4) is 0 Å². The Kier molecular flexibility index (Phi) is 11.7. The summed E-state index contributed by atoms with van der Waals surface area (Å²) in [7, 11) is 1.34. The molecule has 13 heteroatoms. The van der Waals surface area contributed by atoms with Crippen LogP contribution in [0.2, 0.25) is 0 Å². The number of hydrogen-bond donors (Lipinski definition) is 4. The molecular weight excluding hydrogens is 428 g/mol. The first kappa shape index (κ1) is 26.3. The number of nitrogens with zero attached hydrogens (tertiary/aromatic N) is 3. The Morgan fingerprint density at radius 3 is 2.53 bits per heavy atom. The Morgan fingerprint density at radius 1 is 1.16 bits per heavy atom. The number of rotatable bonds is 15. The zero-order valence-corrected chi connectivity index (χ0v) is 18.0. The number of aliphatic hydroxyl groups is 3. The van der Waals surface area contributed by atoms with Crippen molar-refractivity contribution < 1.29 is 43.8 Å². The first-order valence-electron chi connectivity index (χ1n) is 10.2. The highest BCUT2D eigenvalue weighted by Crippen LogP contribution is 2.22. The van der Waals surface area contributed by atoms with Crippen LogP contribution in [0.5, 0.6) is 0 Å². The van der Waals surface area contributed by atoms with Crippen LogP contribution in [-0.2, 0) is 41.6 Å².